The van der Waals surface area contributed by atoms with Gasteiger partial charge < -0.3 is 10.1 Å². The maximum absolute atomic E-state index is 12.3. The zero-order valence-corrected chi connectivity index (χ0v) is 17.5. The molecule has 0 radical (unpaired) electrons. The zero-order valence-electron chi connectivity index (χ0n) is 15.9. The van der Waals surface area contributed by atoms with Gasteiger partial charge in [0.15, 0.2) is 0 Å². The number of benzene rings is 2. The molecule has 4 heteroatoms. The number of amides is 1. The fourth-order valence-corrected chi connectivity index (χ4v) is 3.44. The minimum Gasteiger partial charge on any atom is -0.492 e. The summed E-state index contributed by atoms with van der Waals surface area (Å²) < 4.78 is 6.76. The van der Waals surface area contributed by atoms with Gasteiger partial charge in [-0.05, 0) is 70.4 Å². The Morgan fingerprint density at radius 3 is 2.31 bits per heavy atom. The third-order valence-corrected chi connectivity index (χ3v) is 5.09. The van der Waals surface area contributed by atoms with Crippen LogP contribution in [0.3, 0.4) is 0 Å². The second-order valence-electron chi connectivity index (χ2n) is 6.28. The van der Waals surface area contributed by atoms with E-state index in [2.05, 4.69) is 72.3 Å². The summed E-state index contributed by atoms with van der Waals surface area (Å²) in [6.07, 6.45) is 3.95. The summed E-state index contributed by atoms with van der Waals surface area (Å²) in [5.41, 5.74) is 4.63. The van der Waals surface area contributed by atoms with Crippen LogP contribution in [-0.2, 0) is 24.1 Å². The molecular formula is C22H28BrNO2. The van der Waals surface area contributed by atoms with Gasteiger partial charge in [0.1, 0.15) is 5.75 Å². The van der Waals surface area contributed by atoms with Gasteiger partial charge in [0.25, 0.3) is 0 Å². The number of rotatable bonds is 9. The molecule has 0 fully saturated rings. The number of nitrogens with one attached hydrogen (secondary N) is 1. The van der Waals surface area contributed by atoms with Gasteiger partial charge in [-0.2, -0.15) is 0 Å². The van der Waals surface area contributed by atoms with Crippen LogP contribution in [0.2, 0.25) is 0 Å². The molecule has 0 atom stereocenters. The maximum atomic E-state index is 12.3. The molecule has 0 aromatic heterocycles. The Morgan fingerprint density at radius 2 is 1.73 bits per heavy atom. The fourth-order valence-electron chi connectivity index (χ4n) is 2.90. The third kappa shape index (κ3) is 5.60. The standard InChI is InChI=1S/C22H28BrNO2/c1-4-16-12-13-20(19(23)15-16)26-14-8-11-21(25)24-22-17(5-2)9-7-10-18(22)6-3/h7,9-10,12-13,15H,4-6,8,11,14H2,1-3H3,(H,24,25). The molecule has 0 aliphatic heterocycles. The molecular weight excluding hydrogens is 390 g/mol. The largest absolute Gasteiger partial charge is 0.492 e. The Kier molecular flexibility index (Phi) is 8.17. The normalized spacial score (nSPS) is 10.6. The van der Waals surface area contributed by atoms with Crippen LogP contribution in [0.1, 0.15) is 50.3 Å². The number of carbonyl (C=O) groups excluding carboxylic acids is 1. The monoisotopic (exact) mass is 417 g/mol. The van der Waals surface area contributed by atoms with Gasteiger partial charge in [-0.25, -0.2) is 0 Å². The molecule has 140 valence electrons. The maximum Gasteiger partial charge on any atom is 0.224 e. The Balaban J connectivity index is 1.85. The summed E-state index contributed by atoms with van der Waals surface area (Å²) in [5, 5.41) is 3.10. The number of carbonyl (C=O) groups is 1. The van der Waals surface area contributed by atoms with Crippen molar-refractivity contribution in [3.05, 3.63) is 57.6 Å². The van der Waals surface area contributed by atoms with Gasteiger partial charge in [0.2, 0.25) is 5.91 Å². The molecule has 0 saturated heterocycles. The molecule has 0 saturated carbocycles. The number of hydrogen-bond donors (Lipinski definition) is 1. The summed E-state index contributed by atoms with van der Waals surface area (Å²) in [7, 11) is 0. The second-order valence-corrected chi connectivity index (χ2v) is 7.13. The molecule has 0 heterocycles. The van der Waals surface area contributed by atoms with Crippen molar-refractivity contribution in [1.82, 2.24) is 0 Å². The lowest BCUT2D eigenvalue weighted by Crippen LogP contribution is -2.15. The van der Waals surface area contributed by atoms with Crippen LogP contribution in [0.25, 0.3) is 0 Å². The van der Waals surface area contributed by atoms with Crippen molar-refractivity contribution in [3.63, 3.8) is 0 Å². The highest BCUT2D eigenvalue weighted by Gasteiger charge is 2.10. The lowest BCUT2D eigenvalue weighted by Gasteiger charge is -2.14. The van der Waals surface area contributed by atoms with E-state index in [1.54, 1.807) is 0 Å². The highest BCUT2D eigenvalue weighted by atomic mass is 79.9. The Morgan fingerprint density at radius 1 is 1.04 bits per heavy atom. The van der Waals surface area contributed by atoms with Crippen molar-refractivity contribution in [3.8, 4) is 5.75 Å². The number of anilines is 1. The van der Waals surface area contributed by atoms with Crippen molar-refractivity contribution in [1.29, 1.82) is 0 Å². The molecule has 2 aromatic rings. The highest BCUT2D eigenvalue weighted by Crippen LogP contribution is 2.26. The Labute approximate surface area is 165 Å². The second kappa shape index (κ2) is 10.4. The molecule has 2 rings (SSSR count). The summed E-state index contributed by atoms with van der Waals surface area (Å²) in [6.45, 7) is 6.87. The number of ether oxygens (including phenoxy) is 1. The summed E-state index contributed by atoms with van der Waals surface area (Å²) >= 11 is 3.54. The van der Waals surface area contributed by atoms with Crippen LogP contribution < -0.4 is 10.1 Å². The van der Waals surface area contributed by atoms with Crippen LogP contribution in [0, 0.1) is 0 Å². The molecule has 0 aliphatic carbocycles. The molecule has 0 aliphatic rings. The van der Waals surface area contributed by atoms with Crippen LogP contribution in [0.5, 0.6) is 5.75 Å². The van der Waals surface area contributed by atoms with Gasteiger partial charge in [0, 0.05) is 12.1 Å². The van der Waals surface area contributed by atoms with Crippen LogP contribution >= 0.6 is 15.9 Å². The fraction of sp³-hybridized carbons (Fsp3) is 0.409. The summed E-state index contributed by atoms with van der Waals surface area (Å²) in [6, 6.07) is 12.3. The van der Waals surface area contributed by atoms with Crippen LogP contribution in [0.4, 0.5) is 5.69 Å². The third-order valence-electron chi connectivity index (χ3n) is 4.47. The minimum absolute atomic E-state index is 0.0459. The first-order valence-electron chi connectivity index (χ1n) is 9.40. The lowest BCUT2D eigenvalue weighted by molar-refractivity contribution is -0.116. The number of aryl methyl sites for hydroxylation is 3. The topological polar surface area (TPSA) is 38.3 Å². The quantitative estimate of drug-likeness (QED) is 0.513. The van der Waals surface area contributed by atoms with Gasteiger partial charge in [-0.3, -0.25) is 4.79 Å². The Hall–Kier alpha value is -1.81. The molecule has 0 bridgehead atoms. The van der Waals surface area contributed by atoms with E-state index in [1.165, 1.54) is 16.7 Å². The van der Waals surface area contributed by atoms with E-state index in [-0.39, 0.29) is 5.91 Å². The molecule has 26 heavy (non-hydrogen) atoms. The lowest BCUT2D eigenvalue weighted by atomic mass is 10.0. The first-order valence-corrected chi connectivity index (χ1v) is 10.2. The molecule has 1 N–H and O–H groups in total. The number of hydrogen-bond acceptors (Lipinski definition) is 2. The van der Waals surface area contributed by atoms with Crippen LogP contribution in [-0.4, -0.2) is 12.5 Å². The summed E-state index contributed by atoms with van der Waals surface area (Å²) in [5.74, 6) is 0.872. The van der Waals surface area contributed by atoms with Gasteiger partial charge in [0.05, 0.1) is 11.1 Å². The first kappa shape index (κ1) is 20.5. The van der Waals surface area contributed by atoms with E-state index in [0.29, 0.717) is 19.4 Å². The van der Waals surface area contributed by atoms with Crippen molar-refractivity contribution in [2.24, 2.45) is 0 Å². The van der Waals surface area contributed by atoms with E-state index >= 15 is 0 Å². The van der Waals surface area contributed by atoms with E-state index in [4.69, 9.17) is 4.74 Å². The molecule has 2 aromatic carbocycles. The SMILES string of the molecule is CCc1ccc(OCCCC(=O)Nc2c(CC)cccc2CC)c(Br)c1. The van der Waals surface area contributed by atoms with Crippen LogP contribution in [0.15, 0.2) is 40.9 Å². The first-order chi connectivity index (χ1) is 12.6. The predicted octanol–water partition coefficient (Wildman–Crippen LogP) is 5.93. The number of para-hydroxylation sites is 1. The van der Waals surface area contributed by atoms with E-state index < -0.39 is 0 Å². The smallest absolute Gasteiger partial charge is 0.224 e. The van der Waals surface area contributed by atoms with Crippen molar-refractivity contribution in [2.45, 2.75) is 52.9 Å². The van der Waals surface area contributed by atoms with Crippen molar-refractivity contribution < 1.29 is 9.53 Å². The molecule has 0 spiro atoms. The average molecular weight is 418 g/mol. The predicted molar refractivity (Wildman–Crippen MR) is 112 cm³/mol. The van der Waals surface area contributed by atoms with E-state index in [0.717, 1.165) is 35.2 Å². The molecule has 3 nitrogen and oxygen atoms in total. The molecule has 1 amide bonds. The van der Waals surface area contributed by atoms with Gasteiger partial charge in [-0.15, -0.1) is 0 Å². The summed E-state index contributed by atoms with van der Waals surface area (Å²) in [4.78, 5) is 12.3. The minimum atomic E-state index is 0.0459. The van der Waals surface area contributed by atoms with Crippen molar-refractivity contribution in [2.75, 3.05) is 11.9 Å². The van der Waals surface area contributed by atoms with E-state index in [1.807, 2.05) is 6.07 Å². The average Bonchev–Trinajstić information content (AvgIpc) is 2.66. The molecule has 0 unspecified atom stereocenters. The highest BCUT2D eigenvalue weighted by molar-refractivity contribution is 9.10. The zero-order chi connectivity index (χ0) is 18.9. The van der Waals surface area contributed by atoms with Gasteiger partial charge >= 0.3 is 0 Å². The van der Waals surface area contributed by atoms with Gasteiger partial charge in [-0.1, -0.05) is 45.0 Å². The Bertz CT molecular complexity index is 721. The van der Waals surface area contributed by atoms with Crippen molar-refractivity contribution >= 4 is 27.5 Å². The number of halogens is 1. The van der Waals surface area contributed by atoms with E-state index in [9.17, 15) is 4.79 Å².